The van der Waals surface area contributed by atoms with Crippen LogP contribution in [0.15, 0.2) is 48.6 Å². The Balaban J connectivity index is 4.08. The number of quaternary nitrogens is 1. The fourth-order valence-corrected chi connectivity index (χ4v) is 9.31. The van der Waals surface area contributed by atoms with Crippen LogP contribution in [0.25, 0.3) is 0 Å². The molecule has 1 N–H and O–H groups in total. The summed E-state index contributed by atoms with van der Waals surface area (Å²) >= 11 is 0. The van der Waals surface area contributed by atoms with Crippen LogP contribution >= 0.6 is 0 Å². The molecule has 0 bridgehead atoms. The molecule has 0 aliphatic heterocycles. The minimum Gasteiger partial charge on any atom is -0.477 e. The van der Waals surface area contributed by atoms with E-state index in [2.05, 4.69) is 62.5 Å². The SMILES string of the molecule is CCCCCC/C=C\C/C=C\CCCCCCCCCC(=O)OCC(COC(OCC[N+](C)(C)C)C(=O)O)OC(=O)CCCCCCCCCCCCCCCCCCCCCCC/C=C\C/C=C\CCCCCCC. The third kappa shape index (κ3) is 58.9. The summed E-state index contributed by atoms with van der Waals surface area (Å²) in [6, 6.07) is 0. The Morgan fingerprint density at radius 1 is 0.395 bits per heavy atom. The number of esters is 2. The van der Waals surface area contributed by atoms with E-state index in [9.17, 15) is 19.5 Å². The van der Waals surface area contributed by atoms with Gasteiger partial charge < -0.3 is 28.5 Å². The molecular weight excluding hydrogens is 947 g/mol. The third-order valence-corrected chi connectivity index (χ3v) is 14.3. The summed E-state index contributed by atoms with van der Waals surface area (Å²) in [6.45, 7) is 4.88. The number of carbonyl (C=O) groups excluding carboxylic acids is 2. The Hall–Kier alpha value is -2.75. The van der Waals surface area contributed by atoms with E-state index in [4.69, 9.17) is 18.9 Å². The Morgan fingerprint density at radius 3 is 1.05 bits per heavy atom. The van der Waals surface area contributed by atoms with Gasteiger partial charge in [0, 0.05) is 12.8 Å². The molecule has 0 aliphatic carbocycles. The lowest BCUT2D eigenvalue weighted by Gasteiger charge is -2.25. The highest BCUT2D eigenvalue weighted by atomic mass is 16.7. The van der Waals surface area contributed by atoms with E-state index < -0.39 is 24.3 Å². The van der Waals surface area contributed by atoms with Crippen LogP contribution in [0.2, 0.25) is 0 Å². The third-order valence-electron chi connectivity index (χ3n) is 14.3. The number of carboxylic acids is 1. The van der Waals surface area contributed by atoms with Gasteiger partial charge in [0.15, 0.2) is 6.10 Å². The number of carbonyl (C=O) groups is 3. The number of rotatable bonds is 60. The highest BCUT2D eigenvalue weighted by Crippen LogP contribution is 2.17. The number of aliphatic carboxylic acids is 1. The number of carboxylic acid groups (broad SMARTS) is 1. The molecule has 0 aliphatic rings. The zero-order valence-corrected chi connectivity index (χ0v) is 50.7. The Morgan fingerprint density at radius 2 is 0.711 bits per heavy atom. The van der Waals surface area contributed by atoms with Crippen molar-refractivity contribution in [2.75, 3.05) is 47.5 Å². The van der Waals surface area contributed by atoms with Crippen LogP contribution in [0, 0.1) is 0 Å². The largest absolute Gasteiger partial charge is 0.477 e. The maximum absolute atomic E-state index is 12.9. The topological polar surface area (TPSA) is 108 Å². The van der Waals surface area contributed by atoms with Gasteiger partial charge in [-0.15, -0.1) is 0 Å². The van der Waals surface area contributed by atoms with Gasteiger partial charge in [0.05, 0.1) is 34.4 Å². The average molecular weight is 1070 g/mol. The second kappa shape index (κ2) is 58.4. The normalized spacial score (nSPS) is 13.0. The Bertz CT molecular complexity index is 1380. The number of ether oxygens (including phenoxy) is 4. The van der Waals surface area contributed by atoms with E-state index in [-0.39, 0.29) is 32.2 Å². The van der Waals surface area contributed by atoms with Crippen molar-refractivity contribution < 1.29 is 42.9 Å². The van der Waals surface area contributed by atoms with Gasteiger partial charge in [-0.25, -0.2) is 4.79 Å². The molecule has 0 rings (SSSR count). The maximum atomic E-state index is 12.9. The van der Waals surface area contributed by atoms with Crippen LogP contribution in [0.5, 0.6) is 0 Å². The van der Waals surface area contributed by atoms with Crippen molar-refractivity contribution in [1.29, 1.82) is 0 Å². The molecule has 0 amide bonds. The van der Waals surface area contributed by atoms with Crippen LogP contribution in [-0.4, -0.2) is 87.4 Å². The smallest absolute Gasteiger partial charge is 0.361 e. The van der Waals surface area contributed by atoms with Crippen molar-refractivity contribution in [3.05, 3.63) is 48.6 Å². The van der Waals surface area contributed by atoms with Gasteiger partial charge in [-0.05, 0) is 77.0 Å². The van der Waals surface area contributed by atoms with Gasteiger partial charge in [-0.2, -0.15) is 0 Å². The maximum Gasteiger partial charge on any atom is 0.361 e. The van der Waals surface area contributed by atoms with E-state index in [0.29, 0.717) is 17.4 Å². The summed E-state index contributed by atoms with van der Waals surface area (Å²) in [5, 5.41) is 9.72. The highest BCUT2D eigenvalue weighted by molar-refractivity contribution is 5.71. The number of allylic oxidation sites excluding steroid dienone is 8. The molecule has 444 valence electrons. The first kappa shape index (κ1) is 73.2. The van der Waals surface area contributed by atoms with Crippen LogP contribution in [-0.2, 0) is 33.3 Å². The number of nitrogens with zero attached hydrogens (tertiary/aromatic N) is 1. The van der Waals surface area contributed by atoms with Crippen molar-refractivity contribution >= 4 is 17.9 Å². The molecule has 0 saturated heterocycles. The summed E-state index contributed by atoms with van der Waals surface area (Å²) < 4.78 is 22.9. The number of unbranched alkanes of at least 4 members (excludes halogenated alkanes) is 37. The summed E-state index contributed by atoms with van der Waals surface area (Å²) in [6.07, 6.45) is 70.7. The molecule has 0 saturated carbocycles. The van der Waals surface area contributed by atoms with Gasteiger partial charge in [0.25, 0.3) is 6.29 Å². The van der Waals surface area contributed by atoms with Crippen LogP contribution < -0.4 is 0 Å². The predicted molar refractivity (Wildman–Crippen MR) is 323 cm³/mol. The highest BCUT2D eigenvalue weighted by Gasteiger charge is 2.25. The molecule has 0 aromatic carbocycles. The number of hydrogen-bond donors (Lipinski definition) is 1. The molecule has 0 radical (unpaired) electrons. The second-order valence-electron chi connectivity index (χ2n) is 23.1. The van der Waals surface area contributed by atoms with Crippen molar-refractivity contribution in [3.8, 4) is 0 Å². The number of likely N-dealkylation sites (N-methyl/N-ethyl adjacent to an activating group) is 1. The fraction of sp³-hybridized carbons (Fsp3) is 0.836. The van der Waals surface area contributed by atoms with Crippen molar-refractivity contribution in [2.24, 2.45) is 0 Å². The average Bonchev–Trinajstić information content (AvgIpc) is 3.39. The lowest BCUT2D eigenvalue weighted by molar-refractivity contribution is -0.870. The van der Waals surface area contributed by atoms with Gasteiger partial charge in [-0.3, -0.25) is 9.59 Å². The first-order chi connectivity index (χ1) is 37.1. The standard InChI is InChI=1S/C67H123NO8/c1-6-8-10-12-14-16-18-20-22-24-26-27-28-29-30-31-32-33-34-35-36-37-38-39-40-42-44-46-48-50-52-54-56-58-65(70)76-63(62-75-67(66(71)72)73-60-59-68(3,4)5)61-74-64(69)57-55-53-51-49-47-45-43-41-25-23-21-19-17-15-13-11-9-7-2/h17-20,23-26,63,67H,6-16,21-22,27-62H2,1-5H3/p+1/b19-17-,20-18-,25-23-,26-24-. The minimum absolute atomic E-state index is 0.184. The molecule has 9 heteroatoms. The summed E-state index contributed by atoms with van der Waals surface area (Å²) in [5.74, 6) is -2.00. The van der Waals surface area contributed by atoms with E-state index in [1.165, 1.54) is 212 Å². The molecule has 9 nitrogen and oxygen atoms in total. The van der Waals surface area contributed by atoms with Gasteiger partial charge >= 0.3 is 17.9 Å². The minimum atomic E-state index is -1.51. The Labute approximate surface area is 470 Å². The predicted octanol–water partition coefficient (Wildman–Crippen LogP) is 19.4. The zero-order valence-electron chi connectivity index (χ0n) is 50.7. The number of hydrogen-bond acceptors (Lipinski definition) is 7. The first-order valence-electron chi connectivity index (χ1n) is 32.3. The molecule has 0 heterocycles. The lowest BCUT2D eigenvalue weighted by Crippen LogP contribution is -2.40. The van der Waals surface area contributed by atoms with Gasteiger partial charge in [-0.1, -0.05) is 262 Å². The molecule has 0 aromatic rings. The monoisotopic (exact) mass is 1070 g/mol. The van der Waals surface area contributed by atoms with Crippen molar-refractivity contribution in [3.63, 3.8) is 0 Å². The van der Waals surface area contributed by atoms with E-state index in [1.54, 1.807) is 0 Å². The summed E-state index contributed by atoms with van der Waals surface area (Å²) in [5.41, 5.74) is 0. The Kier molecular flexibility index (Phi) is 56.3. The van der Waals surface area contributed by atoms with Gasteiger partial charge in [0.2, 0.25) is 0 Å². The van der Waals surface area contributed by atoms with E-state index in [1.807, 2.05) is 21.1 Å². The first-order valence-corrected chi connectivity index (χ1v) is 32.3. The summed E-state index contributed by atoms with van der Waals surface area (Å²) in [4.78, 5) is 37.5. The second-order valence-corrected chi connectivity index (χ2v) is 23.1. The zero-order chi connectivity index (χ0) is 55.5. The van der Waals surface area contributed by atoms with Crippen LogP contribution in [0.1, 0.15) is 303 Å². The fourth-order valence-electron chi connectivity index (χ4n) is 9.31. The van der Waals surface area contributed by atoms with Crippen LogP contribution in [0.3, 0.4) is 0 Å². The molecular formula is C67H124NO8+. The van der Waals surface area contributed by atoms with Crippen molar-refractivity contribution in [1.82, 2.24) is 0 Å². The molecule has 0 spiro atoms. The van der Waals surface area contributed by atoms with Crippen LogP contribution in [0.4, 0.5) is 0 Å². The molecule has 0 fully saturated rings. The lowest BCUT2D eigenvalue weighted by atomic mass is 10.0. The quantitative estimate of drug-likeness (QED) is 0.0211. The summed E-state index contributed by atoms with van der Waals surface area (Å²) in [7, 11) is 5.98. The molecule has 76 heavy (non-hydrogen) atoms. The molecule has 2 unspecified atom stereocenters. The molecule has 0 aromatic heterocycles. The van der Waals surface area contributed by atoms with E-state index >= 15 is 0 Å². The van der Waals surface area contributed by atoms with Crippen molar-refractivity contribution in [2.45, 2.75) is 315 Å². The van der Waals surface area contributed by atoms with Gasteiger partial charge in [0.1, 0.15) is 13.2 Å². The molecule has 2 atom stereocenters. The van der Waals surface area contributed by atoms with E-state index in [0.717, 1.165) is 64.2 Å².